The summed E-state index contributed by atoms with van der Waals surface area (Å²) >= 11 is 0. The van der Waals surface area contributed by atoms with Gasteiger partial charge in [-0.2, -0.15) is 0 Å². The maximum atomic E-state index is 12.0. The highest BCUT2D eigenvalue weighted by molar-refractivity contribution is 4.68. The predicted molar refractivity (Wildman–Crippen MR) is 43.0 cm³/mol. The molecule has 0 aliphatic heterocycles. The molecule has 1 N–H and O–H groups in total. The van der Waals surface area contributed by atoms with Gasteiger partial charge in [0.2, 0.25) is 0 Å². The van der Waals surface area contributed by atoms with Crippen LogP contribution in [0, 0.1) is 0 Å². The first-order valence-electron chi connectivity index (χ1n) is 4.12. The Balaban J connectivity index is 3.48. The Kier molecular flexibility index (Phi) is 5.38. The minimum atomic E-state index is -2.26. The molecule has 0 aromatic heterocycles. The Hall–Kier alpha value is -0.180. The van der Waals surface area contributed by atoms with E-state index in [4.69, 9.17) is 0 Å². The van der Waals surface area contributed by atoms with Gasteiger partial charge in [-0.1, -0.05) is 13.3 Å². The van der Waals surface area contributed by atoms with Gasteiger partial charge in [-0.15, -0.1) is 0 Å². The Bertz CT molecular complexity index is 96.1. The first kappa shape index (κ1) is 10.8. The second kappa shape index (κ2) is 5.47. The zero-order valence-electron chi connectivity index (χ0n) is 7.40. The van der Waals surface area contributed by atoms with E-state index < -0.39 is 12.5 Å². The maximum absolute atomic E-state index is 12.0. The maximum Gasteiger partial charge on any atom is 0.253 e. The van der Waals surface area contributed by atoms with E-state index >= 15 is 0 Å². The molecule has 11 heavy (non-hydrogen) atoms. The molecule has 0 aliphatic rings. The highest BCUT2D eigenvalue weighted by atomic mass is 19.3. The monoisotopic (exact) mass is 165 g/mol. The van der Waals surface area contributed by atoms with Gasteiger partial charge in [0.25, 0.3) is 6.43 Å². The summed E-state index contributed by atoms with van der Waals surface area (Å²) in [5.74, 6) is 0. The molecular formula is C8H17F2N. The predicted octanol–water partition coefficient (Wildman–Crippen LogP) is 2.42. The Morgan fingerprint density at radius 2 is 1.82 bits per heavy atom. The molecule has 0 saturated carbocycles. The molecule has 0 aromatic carbocycles. The normalized spacial score (nSPS) is 16.9. The smallest absolute Gasteiger partial charge is 0.253 e. The van der Waals surface area contributed by atoms with Gasteiger partial charge in [0.05, 0.1) is 6.04 Å². The lowest BCUT2D eigenvalue weighted by Gasteiger charge is -2.18. The molecule has 2 atom stereocenters. The molecule has 0 saturated heterocycles. The van der Waals surface area contributed by atoms with Gasteiger partial charge in [-0.25, -0.2) is 8.78 Å². The first-order valence-corrected chi connectivity index (χ1v) is 4.12. The van der Waals surface area contributed by atoms with E-state index in [0.29, 0.717) is 0 Å². The second-order valence-corrected chi connectivity index (χ2v) is 2.98. The quantitative estimate of drug-likeness (QED) is 0.659. The van der Waals surface area contributed by atoms with Crippen LogP contribution >= 0.6 is 0 Å². The minimum absolute atomic E-state index is 0.198. The summed E-state index contributed by atoms with van der Waals surface area (Å²) < 4.78 is 23.9. The molecular weight excluding hydrogens is 148 g/mol. The fraction of sp³-hybridized carbons (Fsp3) is 1.00. The average Bonchev–Trinajstić information content (AvgIpc) is 1.87. The first-order chi connectivity index (χ1) is 5.07. The van der Waals surface area contributed by atoms with Crippen LogP contribution < -0.4 is 5.32 Å². The van der Waals surface area contributed by atoms with Crippen LogP contribution in [0.25, 0.3) is 0 Å². The van der Waals surface area contributed by atoms with E-state index in [9.17, 15) is 8.78 Å². The number of rotatable bonds is 5. The van der Waals surface area contributed by atoms with Crippen molar-refractivity contribution in [3.63, 3.8) is 0 Å². The van der Waals surface area contributed by atoms with E-state index in [0.717, 1.165) is 12.8 Å². The molecule has 0 spiro atoms. The van der Waals surface area contributed by atoms with Crippen molar-refractivity contribution in [2.75, 3.05) is 0 Å². The molecule has 1 nitrogen and oxygen atoms in total. The standard InChI is InChI=1S/C8H17F2N/c1-4-5-6(2)11-7(3)8(9)10/h6-8,11H,4-5H2,1-3H3. The molecule has 3 heteroatoms. The van der Waals surface area contributed by atoms with E-state index in [2.05, 4.69) is 5.32 Å². The summed E-state index contributed by atoms with van der Waals surface area (Å²) in [7, 11) is 0. The van der Waals surface area contributed by atoms with Crippen LogP contribution in [0.3, 0.4) is 0 Å². The summed E-state index contributed by atoms with van der Waals surface area (Å²) in [5, 5.41) is 2.83. The van der Waals surface area contributed by atoms with Gasteiger partial charge in [0.1, 0.15) is 0 Å². The van der Waals surface area contributed by atoms with Crippen molar-refractivity contribution >= 4 is 0 Å². The lowest BCUT2D eigenvalue weighted by atomic mass is 10.2. The van der Waals surface area contributed by atoms with E-state index in [1.807, 2.05) is 13.8 Å². The van der Waals surface area contributed by atoms with Gasteiger partial charge in [0, 0.05) is 6.04 Å². The Labute approximate surface area is 67.2 Å². The van der Waals surface area contributed by atoms with Crippen molar-refractivity contribution in [2.45, 2.75) is 52.1 Å². The van der Waals surface area contributed by atoms with Gasteiger partial charge < -0.3 is 5.32 Å². The summed E-state index contributed by atoms with van der Waals surface area (Å²) in [5.41, 5.74) is 0. The zero-order chi connectivity index (χ0) is 8.85. The van der Waals surface area contributed by atoms with Crippen LogP contribution in [0.2, 0.25) is 0 Å². The number of hydrogen-bond donors (Lipinski definition) is 1. The fourth-order valence-electron chi connectivity index (χ4n) is 1.04. The van der Waals surface area contributed by atoms with Crippen molar-refractivity contribution in [1.29, 1.82) is 0 Å². The topological polar surface area (TPSA) is 12.0 Å². The van der Waals surface area contributed by atoms with Gasteiger partial charge in [0.15, 0.2) is 0 Å². The van der Waals surface area contributed by atoms with Crippen molar-refractivity contribution in [3.8, 4) is 0 Å². The van der Waals surface area contributed by atoms with Crippen LogP contribution in [0.5, 0.6) is 0 Å². The van der Waals surface area contributed by atoms with Crippen LogP contribution in [0.15, 0.2) is 0 Å². The van der Waals surface area contributed by atoms with Crippen LogP contribution in [0.4, 0.5) is 8.78 Å². The van der Waals surface area contributed by atoms with Crippen molar-refractivity contribution in [1.82, 2.24) is 5.32 Å². The lowest BCUT2D eigenvalue weighted by Crippen LogP contribution is -2.38. The Morgan fingerprint density at radius 1 is 1.27 bits per heavy atom. The SMILES string of the molecule is CCCC(C)NC(C)C(F)F. The number of alkyl halides is 2. The lowest BCUT2D eigenvalue weighted by molar-refractivity contribution is 0.100. The molecule has 0 radical (unpaired) electrons. The average molecular weight is 165 g/mol. The largest absolute Gasteiger partial charge is 0.307 e. The highest BCUT2D eigenvalue weighted by Gasteiger charge is 2.15. The molecule has 0 fully saturated rings. The van der Waals surface area contributed by atoms with Crippen LogP contribution in [-0.2, 0) is 0 Å². The second-order valence-electron chi connectivity index (χ2n) is 2.98. The Morgan fingerprint density at radius 3 is 2.18 bits per heavy atom. The number of hydrogen-bond acceptors (Lipinski definition) is 1. The molecule has 0 aliphatic carbocycles. The van der Waals surface area contributed by atoms with E-state index in [1.165, 1.54) is 6.92 Å². The van der Waals surface area contributed by atoms with Gasteiger partial charge in [-0.05, 0) is 20.3 Å². The summed E-state index contributed by atoms with van der Waals surface area (Å²) in [6, 6.07) is -0.486. The van der Waals surface area contributed by atoms with Crippen molar-refractivity contribution in [2.24, 2.45) is 0 Å². The molecule has 0 heterocycles. The third-order valence-electron chi connectivity index (χ3n) is 1.65. The van der Waals surface area contributed by atoms with Crippen LogP contribution in [-0.4, -0.2) is 18.5 Å². The zero-order valence-corrected chi connectivity index (χ0v) is 7.40. The molecule has 0 aromatic rings. The number of nitrogens with one attached hydrogen (secondary N) is 1. The summed E-state index contributed by atoms with van der Waals surface area (Å²) in [6.07, 6.45) is -0.268. The highest BCUT2D eigenvalue weighted by Crippen LogP contribution is 2.03. The summed E-state index contributed by atoms with van der Waals surface area (Å²) in [6.45, 7) is 5.49. The van der Waals surface area contributed by atoms with E-state index in [1.54, 1.807) is 0 Å². The molecule has 2 unspecified atom stereocenters. The van der Waals surface area contributed by atoms with Crippen LogP contribution in [0.1, 0.15) is 33.6 Å². The molecule has 68 valence electrons. The molecule has 0 rings (SSSR count). The van der Waals surface area contributed by atoms with Crippen molar-refractivity contribution < 1.29 is 8.78 Å². The van der Waals surface area contributed by atoms with Crippen molar-refractivity contribution in [3.05, 3.63) is 0 Å². The minimum Gasteiger partial charge on any atom is -0.307 e. The third-order valence-corrected chi connectivity index (χ3v) is 1.65. The molecule has 0 bridgehead atoms. The number of halogens is 2. The fourth-order valence-corrected chi connectivity index (χ4v) is 1.04. The molecule has 0 amide bonds. The van der Waals surface area contributed by atoms with Gasteiger partial charge >= 0.3 is 0 Å². The summed E-state index contributed by atoms with van der Waals surface area (Å²) in [4.78, 5) is 0. The van der Waals surface area contributed by atoms with E-state index in [-0.39, 0.29) is 6.04 Å². The van der Waals surface area contributed by atoms with Gasteiger partial charge in [-0.3, -0.25) is 0 Å². The third kappa shape index (κ3) is 5.13.